The Morgan fingerprint density at radius 1 is 0.337 bits per heavy atom. The summed E-state index contributed by atoms with van der Waals surface area (Å²) in [5, 5.41) is 51.6. The van der Waals surface area contributed by atoms with E-state index < -0.39 is 47.3 Å². The summed E-state index contributed by atoms with van der Waals surface area (Å²) >= 11 is 0. The second-order valence-corrected chi connectivity index (χ2v) is 23.7. The van der Waals surface area contributed by atoms with E-state index in [0.717, 1.165) is 36.8 Å². The molecule has 3 unspecified atom stereocenters. The predicted octanol–water partition coefficient (Wildman–Crippen LogP) is 29.7. The Morgan fingerprint density at radius 3 is 0.769 bits per heavy atom. The summed E-state index contributed by atoms with van der Waals surface area (Å²) in [6.07, 6.45) is -13.7. The van der Waals surface area contributed by atoms with E-state index in [2.05, 4.69) is 61.4 Å². The zero-order valence-electron chi connectivity index (χ0n) is 65.5. The number of hydrogen-bond acceptors (Lipinski definition) is 5. The van der Waals surface area contributed by atoms with E-state index in [9.17, 15) is 74.6 Å². The number of carbonyl (C=O) groups is 2. The molecular weight excluding hydrogens is 1340 g/mol. The van der Waals surface area contributed by atoms with Crippen molar-refractivity contribution in [2.24, 2.45) is 0 Å². The summed E-state index contributed by atoms with van der Waals surface area (Å²) in [5.41, 5.74) is -4.45. The third-order valence-corrected chi connectivity index (χ3v) is 15.2. The maximum absolute atomic E-state index is 14.0. The molecule has 9 rings (SSSR count). The average Bonchev–Trinajstić information content (AvgIpc) is 1.55. The summed E-state index contributed by atoms with van der Waals surface area (Å²) in [6.45, 7) is 66.9. The quantitative estimate of drug-likeness (QED) is 0.0876. The molecule has 0 aliphatic heterocycles. The van der Waals surface area contributed by atoms with E-state index in [1.54, 1.807) is 52.8 Å². The predicted molar refractivity (Wildman–Crippen MR) is 454 cm³/mol. The van der Waals surface area contributed by atoms with Crippen LogP contribution in [0.5, 0.6) is 0 Å². The molecule has 0 amide bonds. The third-order valence-electron chi connectivity index (χ3n) is 15.2. The minimum Gasteiger partial charge on any atom is -0.478 e. The molecule has 0 radical (unpaired) electrons. The lowest BCUT2D eigenvalue weighted by Gasteiger charge is -2.31. The van der Waals surface area contributed by atoms with E-state index in [0.29, 0.717) is 51.8 Å². The summed E-state index contributed by atoms with van der Waals surface area (Å²) < 4.78 is 125. The van der Waals surface area contributed by atoms with E-state index in [-0.39, 0.29) is 130 Å². The normalized spacial score (nSPS) is 14.5. The number of fused-ring (bicyclic) bond motifs is 9. The minimum absolute atomic E-state index is 0. The highest BCUT2D eigenvalue weighted by Crippen LogP contribution is 2.61. The van der Waals surface area contributed by atoms with Crippen LogP contribution in [0.3, 0.4) is 0 Å². The summed E-state index contributed by atoms with van der Waals surface area (Å²) in [5.74, 6) is -2.61. The molecule has 3 aliphatic carbocycles. The van der Waals surface area contributed by atoms with Crippen LogP contribution < -0.4 is 0 Å². The van der Waals surface area contributed by atoms with Gasteiger partial charge in [0.25, 0.3) is 0 Å². The Kier molecular flexibility index (Phi) is 59.2. The van der Waals surface area contributed by atoms with Gasteiger partial charge in [-0.05, 0) is 146 Å². The second-order valence-electron chi connectivity index (χ2n) is 23.7. The van der Waals surface area contributed by atoms with Gasteiger partial charge in [0.15, 0.2) is 0 Å². The molecule has 0 bridgehead atoms. The number of hydrogen-bond donors (Lipinski definition) is 5. The molecule has 5 N–H and O–H groups in total. The van der Waals surface area contributed by atoms with Gasteiger partial charge in [0, 0.05) is 51.6 Å². The third kappa shape index (κ3) is 24.9. The summed E-state index contributed by atoms with van der Waals surface area (Å²) in [4.78, 5) is 23.6. The lowest BCUT2D eigenvalue weighted by molar-refractivity contribution is -0.247. The van der Waals surface area contributed by atoms with Crippen molar-refractivity contribution in [2.75, 3.05) is 0 Å². The fraction of sp³-hybridized carbons (Fsp3) is 0.553. The number of carboxylic acid groups (broad SMARTS) is 2. The molecule has 7 nitrogen and oxygen atoms in total. The van der Waals surface area contributed by atoms with Crippen LogP contribution in [0.25, 0.3) is 33.4 Å². The molecule has 0 fully saturated rings. The molecule has 6 aromatic rings. The molecule has 0 heterocycles. The number of alkyl halides is 9. The van der Waals surface area contributed by atoms with Crippen LogP contribution in [0.15, 0.2) is 72.8 Å². The van der Waals surface area contributed by atoms with Crippen molar-refractivity contribution in [3.8, 4) is 33.4 Å². The number of rotatable bonds is 4. The van der Waals surface area contributed by atoms with Gasteiger partial charge in [-0.2, -0.15) is 39.5 Å². The Labute approximate surface area is 637 Å². The Balaban J connectivity index is -0.0000000773. The number of carboxylic acids is 2. The van der Waals surface area contributed by atoms with Crippen LogP contribution in [-0.2, 0) is 29.6 Å². The van der Waals surface area contributed by atoms with Gasteiger partial charge >= 0.3 is 30.5 Å². The fourth-order valence-electron chi connectivity index (χ4n) is 11.6. The van der Waals surface area contributed by atoms with E-state index in [1.165, 1.54) is 68.4 Å². The first-order valence-corrected chi connectivity index (χ1v) is 35.0. The molecule has 104 heavy (non-hydrogen) atoms. The maximum Gasteiger partial charge on any atom is 0.425 e. The van der Waals surface area contributed by atoms with E-state index in [1.807, 2.05) is 118 Å². The van der Waals surface area contributed by atoms with Crippen LogP contribution in [-0.4, -0.2) is 76.1 Å². The molecular formula is C85H154B3F9O7. The lowest BCUT2D eigenvalue weighted by atomic mass is 9.58. The second kappa shape index (κ2) is 51.8. The van der Waals surface area contributed by atoms with Crippen LogP contribution in [0.2, 0.25) is 61.4 Å². The highest BCUT2D eigenvalue weighted by atomic mass is 19.4. The Morgan fingerprint density at radius 2 is 0.538 bits per heavy atom. The van der Waals surface area contributed by atoms with Gasteiger partial charge in [-0.1, -0.05) is 290 Å². The van der Waals surface area contributed by atoms with Crippen molar-refractivity contribution < 1.29 is 81.8 Å². The monoisotopic (exact) mass is 1500 g/mol. The Bertz CT molecular complexity index is 3470. The van der Waals surface area contributed by atoms with Gasteiger partial charge in [0.2, 0.25) is 16.8 Å². The first-order chi connectivity index (χ1) is 45.5. The minimum atomic E-state index is -4.98. The zero-order chi connectivity index (χ0) is 78.6. The number of aliphatic hydroxyl groups is 3. The van der Waals surface area contributed by atoms with Gasteiger partial charge in [0.1, 0.15) is 20.1 Å². The average molecular weight is 1500 g/mol. The standard InChI is InChI=1S/C19H17F3O3.C19H19F3O.C18H15F3O3.3C3H9B.7C2H6.6CH4.5H2/c1-4-11-9(2)14(17(23)24)15-12-7-5-6-8-13(12)18(25,19(20,21)22)16(15)10(11)3;1-5-13-10(2)11(3)16-14-8-6-7-9-15(14)18(23,19(20,21)22)17(16)12(13)4;1-8-9(2)13(16(22)23)14-11-6-4-5-7-12(11)17(24,18(19,20)21)15(14)10(8)3;3*1-4(2)3;7*1-2;;;;;;;;;;;/h5-8,25H,4H2,1-3H3,(H,23,24);6-9,23H,5H2,1-4H3;4-7,24H,1-3H3,(H,22,23);3*1-3H3;7*1-2H3;6*1H4;5*1H/i;;;;;;;;;;;;;;;;;;;5*1+2. The lowest BCUT2D eigenvalue weighted by Crippen LogP contribution is -2.42. The molecule has 0 saturated carbocycles. The number of benzene rings is 6. The molecule has 3 aliphatic rings. The molecule has 19 heteroatoms. The maximum atomic E-state index is 14.0. The van der Waals surface area contributed by atoms with Crippen LogP contribution in [0.4, 0.5) is 39.5 Å². The van der Waals surface area contributed by atoms with Gasteiger partial charge < -0.3 is 25.5 Å². The summed E-state index contributed by atoms with van der Waals surface area (Å²) in [6, 6.07) is 17.4. The number of halogens is 9. The van der Waals surface area contributed by atoms with Crippen LogP contribution in [0, 0.1) is 55.4 Å². The smallest absolute Gasteiger partial charge is 0.425 e. The summed E-state index contributed by atoms with van der Waals surface area (Å²) in [7, 11) is 0. The van der Waals surface area contributed by atoms with E-state index in [4.69, 9.17) is 0 Å². The van der Waals surface area contributed by atoms with Gasteiger partial charge in [0.05, 0.1) is 11.1 Å². The van der Waals surface area contributed by atoms with Gasteiger partial charge in [-0.3, -0.25) is 0 Å². The molecule has 0 saturated heterocycles. The molecule has 6 aromatic carbocycles. The highest BCUT2D eigenvalue weighted by molar-refractivity contribution is 6.54. The van der Waals surface area contributed by atoms with Crippen molar-refractivity contribution in [3.05, 3.63) is 173 Å². The van der Waals surface area contributed by atoms with Crippen LogP contribution in [0.1, 0.15) is 272 Å². The number of aromatic carboxylic acids is 2. The molecule has 0 aromatic heterocycles. The highest BCUT2D eigenvalue weighted by Gasteiger charge is 2.64. The fourth-order valence-corrected chi connectivity index (χ4v) is 11.6. The largest absolute Gasteiger partial charge is 0.478 e. The first-order valence-electron chi connectivity index (χ1n) is 35.0. The van der Waals surface area contributed by atoms with E-state index >= 15 is 0 Å². The topological polar surface area (TPSA) is 135 Å². The molecule has 0 spiro atoms. The van der Waals surface area contributed by atoms with Crippen LogP contribution >= 0.6 is 0 Å². The van der Waals surface area contributed by atoms with Gasteiger partial charge in [-0.25, -0.2) is 9.59 Å². The van der Waals surface area contributed by atoms with Crippen molar-refractivity contribution in [1.82, 2.24) is 0 Å². The van der Waals surface area contributed by atoms with Crippen molar-refractivity contribution in [3.63, 3.8) is 0 Å². The Hall–Kier alpha value is -6.30. The van der Waals surface area contributed by atoms with Crippen molar-refractivity contribution in [2.45, 2.75) is 320 Å². The zero-order valence-corrected chi connectivity index (χ0v) is 65.5. The van der Waals surface area contributed by atoms with Crippen molar-refractivity contribution in [1.29, 1.82) is 0 Å². The molecule has 3 atom stereocenters. The SMILES string of the molecule is C.C.C.C.C.C.CB(C)C.CB(C)C.CB(C)C.CC.CC.CC.CC.CC.CC.CC.CCc1c(C)c(C(=O)O)c2c(c1C)C(O)(C(F)(F)F)c1ccccc1-2.CCc1c(C)c(C)c2c(c1C)C(O)(C(F)(F)F)c1ccccc1-2.Cc1c(C)c(C(=O)O)c2c(c1C)C(O)(C(F)(F)F)c1ccccc1-2.[3HH].[3HH].[3HH].[3HH].[3HH]. The van der Waals surface area contributed by atoms with Gasteiger partial charge in [-0.15, -0.1) is 0 Å². The first kappa shape index (κ1) is 119. The van der Waals surface area contributed by atoms with Crippen molar-refractivity contribution >= 4 is 32.1 Å². The molecule has 608 valence electrons.